The van der Waals surface area contributed by atoms with E-state index in [0.29, 0.717) is 11.4 Å². The highest BCUT2D eigenvalue weighted by Crippen LogP contribution is 2.19. The van der Waals surface area contributed by atoms with Gasteiger partial charge >= 0.3 is 0 Å². The number of nitrogens with one attached hydrogen (secondary N) is 1. The fourth-order valence-electron chi connectivity index (χ4n) is 1.59. The third-order valence-electron chi connectivity index (χ3n) is 2.57. The number of carbonyl (C=O) groups is 1. The van der Waals surface area contributed by atoms with Crippen molar-refractivity contribution in [1.29, 1.82) is 0 Å². The van der Waals surface area contributed by atoms with Crippen molar-refractivity contribution < 1.29 is 13.9 Å². The molecule has 0 saturated heterocycles. The van der Waals surface area contributed by atoms with Crippen molar-refractivity contribution in [1.82, 2.24) is 4.98 Å². The Morgan fingerprint density at radius 1 is 1.38 bits per heavy atom. The van der Waals surface area contributed by atoms with Gasteiger partial charge < -0.3 is 15.8 Å². The van der Waals surface area contributed by atoms with Gasteiger partial charge in [-0.25, -0.2) is 4.39 Å². The number of carbonyl (C=O) groups excluding carboxylic acids is 1. The van der Waals surface area contributed by atoms with Gasteiger partial charge in [0, 0.05) is 10.7 Å². The van der Waals surface area contributed by atoms with Gasteiger partial charge in [-0.2, -0.15) is 0 Å². The van der Waals surface area contributed by atoms with Crippen molar-refractivity contribution in [3.63, 3.8) is 0 Å². The molecular formula is C14H13BrFN3O2. The number of hydrogen-bond acceptors (Lipinski definition) is 4. The maximum Gasteiger partial charge on any atom is 0.227 e. The SMILES string of the molecule is Nc1cc(F)ccc1NC(=O)CCOc1cncc(Br)c1. The minimum absolute atomic E-state index is 0.142. The summed E-state index contributed by atoms with van der Waals surface area (Å²) in [6.07, 6.45) is 3.33. The summed E-state index contributed by atoms with van der Waals surface area (Å²) in [5.41, 5.74) is 6.17. The summed E-state index contributed by atoms with van der Waals surface area (Å²) >= 11 is 3.27. The molecule has 0 atom stereocenters. The van der Waals surface area contributed by atoms with Gasteiger partial charge in [0.15, 0.2) is 0 Å². The van der Waals surface area contributed by atoms with E-state index in [-0.39, 0.29) is 24.6 Å². The summed E-state index contributed by atoms with van der Waals surface area (Å²) in [5.74, 6) is -0.147. The number of rotatable bonds is 5. The van der Waals surface area contributed by atoms with Crippen LogP contribution >= 0.6 is 15.9 Å². The van der Waals surface area contributed by atoms with Gasteiger partial charge in [0.2, 0.25) is 5.91 Å². The predicted molar refractivity (Wildman–Crippen MR) is 81.5 cm³/mol. The van der Waals surface area contributed by atoms with Crippen molar-refractivity contribution in [2.45, 2.75) is 6.42 Å². The lowest BCUT2D eigenvalue weighted by molar-refractivity contribution is -0.116. The van der Waals surface area contributed by atoms with Crippen LogP contribution in [-0.4, -0.2) is 17.5 Å². The molecule has 3 N–H and O–H groups in total. The number of halogens is 2. The maximum absolute atomic E-state index is 12.9. The van der Waals surface area contributed by atoms with Crippen LogP contribution in [0.5, 0.6) is 5.75 Å². The van der Waals surface area contributed by atoms with Crippen LogP contribution in [0.1, 0.15) is 6.42 Å². The van der Waals surface area contributed by atoms with E-state index in [9.17, 15) is 9.18 Å². The van der Waals surface area contributed by atoms with Crippen molar-refractivity contribution in [2.24, 2.45) is 0 Å². The summed E-state index contributed by atoms with van der Waals surface area (Å²) in [7, 11) is 0. The molecule has 2 aromatic rings. The highest BCUT2D eigenvalue weighted by atomic mass is 79.9. The number of nitrogens with two attached hydrogens (primary N) is 1. The molecule has 7 heteroatoms. The Balaban J connectivity index is 1.82. The minimum atomic E-state index is -0.448. The molecule has 0 bridgehead atoms. The fourth-order valence-corrected chi connectivity index (χ4v) is 1.94. The first-order chi connectivity index (χ1) is 10.0. The quantitative estimate of drug-likeness (QED) is 0.810. The molecule has 0 aliphatic carbocycles. The Morgan fingerprint density at radius 3 is 2.90 bits per heavy atom. The van der Waals surface area contributed by atoms with Crippen molar-refractivity contribution in [2.75, 3.05) is 17.7 Å². The number of amides is 1. The first-order valence-electron chi connectivity index (χ1n) is 6.13. The molecule has 2 rings (SSSR count). The molecule has 0 radical (unpaired) electrons. The second-order valence-corrected chi connectivity index (χ2v) is 5.13. The highest BCUT2D eigenvalue weighted by Gasteiger charge is 2.06. The van der Waals surface area contributed by atoms with E-state index >= 15 is 0 Å². The molecule has 5 nitrogen and oxygen atoms in total. The first kappa shape index (κ1) is 15.2. The van der Waals surface area contributed by atoms with Crippen LogP contribution in [0.15, 0.2) is 41.1 Å². The third kappa shape index (κ3) is 4.71. The molecule has 0 aliphatic heterocycles. The molecule has 0 aliphatic rings. The zero-order valence-corrected chi connectivity index (χ0v) is 12.6. The largest absolute Gasteiger partial charge is 0.491 e. The number of nitrogens with zero attached hydrogens (tertiary/aromatic N) is 1. The lowest BCUT2D eigenvalue weighted by Gasteiger charge is -2.09. The van der Waals surface area contributed by atoms with Gasteiger partial charge in [0.05, 0.1) is 30.6 Å². The van der Waals surface area contributed by atoms with Gasteiger partial charge in [-0.05, 0) is 40.2 Å². The Hall–Kier alpha value is -2.15. The summed E-state index contributed by atoms with van der Waals surface area (Å²) in [6.45, 7) is 0.199. The summed E-state index contributed by atoms with van der Waals surface area (Å²) in [6, 6.07) is 5.55. The number of ether oxygens (including phenoxy) is 1. The Kier molecular flexibility index (Phi) is 5.10. The molecule has 0 unspecified atom stereocenters. The van der Waals surface area contributed by atoms with Crippen LogP contribution in [0.2, 0.25) is 0 Å². The van der Waals surface area contributed by atoms with E-state index in [1.54, 1.807) is 18.5 Å². The van der Waals surface area contributed by atoms with Crippen molar-refractivity contribution in [3.05, 3.63) is 46.9 Å². The zero-order chi connectivity index (χ0) is 15.2. The van der Waals surface area contributed by atoms with E-state index in [0.717, 1.165) is 10.5 Å². The Morgan fingerprint density at radius 2 is 2.19 bits per heavy atom. The van der Waals surface area contributed by atoms with Gasteiger partial charge in [0.1, 0.15) is 11.6 Å². The van der Waals surface area contributed by atoms with E-state index in [1.807, 2.05) is 0 Å². The average molecular weight is 354 g/mol. The first-order valence-corrected chi connectivity index (χ1v) is 6.92. The molecule has 1 heterocycles. The molecule has 1 aromatic heterocycles. The van der Waals surface area contributed by atoms with Crippen LogP contribution in [0.25, 0.3) is 0 Å². The zero-order valence-electron chi connectivity index (χ0n) is 11.0. The highest BCUT2D eigenvalue weighted by molar-refractivity contribution is 9.10. The van der Waals surface area contributed by atoms with Crippen molar-refractivity contribution in [3.8, 4) is 5.75 Å². The van der Waals surface area contributed by atoms with Crippen LogP contribution in [0, 0.1) is 5.82 Å². The molecule has 110 valence electrons. The monoisotopic (exact) mass is 353 g/mol. The molecule has 0 spiro atoms. The van der Waals surface area contributed by atoms with Crippen molar-refractivity contribution >= 4 is 33.2 Å². The number of nitrogen functional groups attached to an aromatic ring is 1. The summed E-state index contributed by atoms with van der Waals surface area (Å²) in [5, 5.41) is 2.60. The normalized spacial score (nSPS) is 10.2. The molecule has 0 saturated carbocycles. The molecule has 21 heavy (non-hydrogen) atoms. The number of benzene rings is 1. The molecule has 0 fully saturated rings. The van der Waals surface area contributed by atoms with Gasteiger partial charge in [0.25, 0.3) is 0 Å². The minimum Gasteiger partial charge on any atom is -0.491 e. The fraction of sp³-hybridized carbons (Fsp3) is 0.143. The molecule has 1 amide bonds. The Bertz CT molecular complexity index is 652. The standard InChI is InChI=1S/C14H13BrFN3O2/c15-9-5-11(8-18-7-9)21-4-3-14(20)19-13-2-1-10(16)6-12(13)17/h1-2,5-8H,3-4,17H2,(H,19,20). The van der Waals surface area contributed by atoms with Gasteiger partial charge in [-0.3, -0.25) is 9.78 Å². The number of aromatic nitrogens is 1. The summed E-state index contributed by atoms with van der Waals surface area (Å²) in [4.78, 5) is 15.7. The molecule has 1 aromatic carbocycles. The van der Waals surface area contributed by atoms with E-state index in [2.05, 4.69) is 26.2 Å². The topological polar surface area (TPSA) is 77.2 Å². The third-order valence-corrected chi connectivity index (χ3v) is 3.00. The molecular weight excluding hydrogens is 341 g/mol. The predicted octanol–water partition coefficient (Wildman–Crippen LogP) is 2.97. The van der Waals surface area contributed by atoms with Crippen LogP contribution < -0.4 is 15.8 Å². The maximum atomic E-state index is 12.9. The van der Waals surface area contributed by atoms with Gasteiger partial charge in [-0.1, -0.05) is 0 Å². The van der Waals surface area contributed by atoms with E-state index in [1.165, 1.54) is 12.1 Å². The Labute approximate surface area is 129 Å². The van der Waals surface area contributed by atoms with E-state index in [4.69, 9.17) is 10.5 Å². The number of pyridine rings is 1. The van der Waals surface area contributed by atoms with Crippen LogP contribution in [-0.2, 0) is 4.79 Å². The smallest absolute Gasteiger partial charge is 0.227 e. The second-order valence-electron chi connectivity index (χ2n) is 4.22. The van der Waals surface area contributed by atoms with Crippen LogP contribution in [0.3, 0.4) is 0 Å². The second kappa shape index (κ2) is 7.03. The lowest BCUT2D eigenvalue weighted by Crippen LogP contribution is -2.16. The summed E-state index contributed by atoms with van der Waals surface area (Å²) < 4.78 is 19.1. The average Bonchev–Trinajstić information content (AvgIpc) is 2.42. The van der Waals surface area contributed by atoms with Crippen LogP contribution in [0.4, 0.5) is 15.8 Å². The van der Waals surface area contributed by atoms with Gasteiger partial charge in [-0.15, -0.1) is 0 Å². The number of anilines is 2. The van der Waals surface area contributed by atoms with E-state index < -0.39 is 5.82 Å². The number of hydrogen-bond donors (Lipinski definition) is 2. The lowest BCUT2D eigenvalue weighted by atomic mass is 10.2.